The number of rotatable bonds is 4. The molecule has 82 valence electrons. The van der Waals surface area contributed by atoms with Crippen molar-refractivity contribution in [1.29, 1.82) is 0 Å². The molecular weight excluding hydrogens is 204 g/mol. The average molecular weight is 216 g/mol. The van der Waals surface area contributed by atoms with E-state index in [1.165, 1.54) is 6.42 Å². The Morgan fingerprint density at radius 3 is 2.56 bits per heavy atom. The number of amides is 1. The van der Waals surface area contributed by atoms with Crippen molar-refractivity contribution in [1.82, 2.24) is 4.98 Å². The molecule has 1 heterocycles. The number of nitrogens with zero attached hydrogens (tertiary/aromatic N) is 1. The van der Waals surface area contributed by atoms with Crippen LogP contribution in [0.25, 0.3) is 0 Å². The predicted octanol–water partition coefficient (Wildman–Crippen LogP) is 1.25. The Labute approximate surface area is 93.1 Å². The van der Waals surface area contributed by atoms with Crippen LogP contribution >= 0.6 is 0 Å². The van der Waals surface area contributed by atoms with Crippen LogP contribution in [-0.4, -0.2) is 16.7 Å². The van der Waals surface area contributed by atoms with Gasteiger partial charge in [-0.15, -0.1) is 0 Å². The van der Waals surface area contributed by atoms with Crippen LogP contribution in [0.3, 0.4) is 0 Å². The second-order valence-electron chi connectivity index (χ2n) is 4.52. The summed E-state index contributed by atoms with van der Waals surface area (Å²) in [6, 6.07) is 3.41. The van der Waals surface area contributed by atoms with Gasteiger partial charge in [0.15, 0.2) is 0 Å². The van der Waals surface area contributed by atoms with Crippen LogP contribution < -0.4 is 5.32 Å². The zero-order chi connectivity index (χ0) is 11.1. The van der Waals surface area contributed by atoms with E-state index in [1.54, 1.807) is 24.5 Å². The number of anilines is 1. The van der Waals surface area contributed by atoms with Gasteiger partial charge in [-0.3, -0.25) is 14.6 Å². The third-order valence-electron chi connectivity index (χ3n) is 3.34. The number of hydrogen-bond donors (Lipinski definition) is 1. The number of carbonyl (C=O) groups excluding carboxylic acids is 2. The van der Waals surface area contributed by atoms with Crippen LogP contribution in [0.5, 0.6) is 0 Å². The molecule has 2 atom stereocenters. The molecule has 16 heavy (non-hydrogen) atoms. The molecule has 1 aromatic heterocycles. The highest BCUT2D eigenvalue weighted by Crippen LogP contribution is 2.68. The Hall–Kier alpha value is -1.71. The lowest BCUT2D eigenvalue weighted by Crippen LogP contribution is -2.19. The van der Waals surface area contributed by atoms with Gasteiger partial charge in [-0.1, -0.05) is 0 Å². The highest BCUT2D eigenvalue weighted by Gasteiger charge is 2.67. The van der Waals surface area contributed by atoms with Crippen molar-refractivity contribution in [3.63, 3.8) is 0 Å². The molecule has 0 bridgehead atoms. The first-order valence-electron chi connectivity index (χ1n) is 5.48. The number of carbonyl (C=O) groups is 2. The average Bonchev–Trinajstić information content (AvgIpc) is 3.07. The molecule has 4 heteroatoms. The minimum Gasteiger partial charge on any atom is -0.326 e. The van der Waals surface area contributed by atoms with Gasteiger partial charge in [0.2, 0.25) is 5.91 Å². The molecule has 1 amide bonds. The van der Waals surface area contributed by atoms with Crippen molar-refractivity contribution in [3.05, 3.63) is 24.5 Å². The minimum atomic E-state index is -0.220. The molecule has 0 aliphatic heterocycles. The Kier molecular flexibility index (Phi) is 2.02. The van der Waals surface area contributed by atoms with Crippen molar-refractivity contribution in [3.8, 4) is 0 Å². The van der Waals surface area contributed by atoms with E-state index in [4.69, 9.17) is 0 Å². The third kappa shape index (κ3) is 1.71. The summed E-state index contributed by atoms with van der Waals surface area (Å²) in [5.41, 5.74) is 0.689. The summed E-state index contributed by atoms with van der Waals surface area (Å²) in [6.45, 7) is 0. The fraction of sp³-hybridized carbons (Fsp3) is 0.417. The first-order valence-corrected chi connectivity index (χ1v) is 5.48. The van der Waals surface area contributed by atoms with Gasteiger partial charge >= 0.3 is 0 Å². The van der Waals surface area contributed by atoms with Crippen molar-refractivity contribution < 1.29 is 9.59 Å². The third-order valence-corrected chi connectivity index (χ3v) is 3.34. The van der Waals surface area contributed by atoms with Gasteiger partial charge in [0, 0.05) is 24.0 Å². The lowest BCUT2D eigenvalue weighted by molar-refractivity contribution is -0.127. The Morgan fingerprint density at radius 2 is 2.00 bits per heavy atom. The number of pyridine rings is 1. The molecule has 0 radical (unpaired) electrons. The molecule has 4 nitrogen and oxygen atoms in total. The molecule has 2 saturated carbocycles. The molecule has 0 aromatic carbocycles. The van der Waals surface area contributed by atoms with Gasteiger partial charge in [0.25, 0.3) is 0 Å². The summed E-state index contributed by atoms with van der Waals surface area (Å²) in [5.74, 6) is 1.35. The van der Waals surface area contributed by atoms with Crippen molar-refractivity contribution in [2.24, 2.45) is 17.8 Å². The van der Waals surface area contributed by atoms with Gasteiger partial charge < -0.3 is 5.32 Å². The standard InChI is InChI=1S/C12H12N2O2/c15-10(12-8-5-9(8)12)6-11(16)14-7-1-3-13-4-2-7/h1-4,8-9,12H,5-6H2,(H,13,14,16). The number of hydrogen-bond acceptors (Lipinski definition) is 3. The van der Waals surface area contributed by atoms with E-state index in [-0.39, 0.29) is 24.0 Å². The lowest BCUT2D eigenvalue weighted by Gasteiger charge is -2.05. The SMILES string of the molecule is O=C(CC(=O)C1C2CC21)Nc1ccncc1. The van der Waals surface area contributed by atoms with Gasteiger partial charge in [0.05, 0.1) is 6.42 Å². The highest BCUT2D eigenvalue weighted by atomic mass is 16.2. The van der Waals surface area contributed by atoms with Crippen molar-refractivity contribution >= 4 is 17.4 Å². The first kappa shape index (κ1) is 9.51. The van der Waals surface area contributed by atoms with E-state index in [9.17, 15) is 9.59 Å². The van der Waals surface area contributed by atoms with E-state index in [0.717, 1.165) is 0 Å². The first-order chi connectivity index (χ1) is 7.75. The molecule has 3 rings (SSSR count). The number of nitrogens with one attached hydrogen (secondary N) is 1. The van der Waals surface area contributed by atoms with Gasteiger partial charge in [-0.2, -0.15) is 0 Å². The summed E-state index contributed by atoms with van der Waals surface area (Å²) >= 11 is 0. The number of ketones is 1. The second kappa shape index (κ2) is 3.40. The van der Waals surface area contributed by atoms with E-state index in [0.29, 0.717) is 17.5 Å². The quantitative estimate of drug-likeness (QED) is 0.770. The summed E-state index contributed by atoms with van der Waals surface area (Å²) in [6.07, 6.45) is 4.42. The normalized spacial score (nSPS) is 29.1. The maximum atomic E-state index is 11.6. The monoisotopic (exact) mass is 216 g/mol. The summed E-state index contributed by atoms with van der Waals surface area (Å²) in [4.78, 5) is 26.9. The maximum absolute atomic E-state index is 11.6. The van der Waals surface area contributed by atoms with Crippen LogP contribution in [0.15, 0.2) is 24.5 Å². The zero-order valence-corrected chi connectivity index (χ0v) is 8.72. The Morgan fingerprint density at radius 1 is 1.31 bits per heavy atom. The molecule has 0 saturated heterocycles. The predicted molar refractivity (Wildman–Crippen MR) is 57.6 cm³/mol. The molecule has 2 fully saturated rings. The van der Waals surface area contributed by atoms with E-state index < -0.39 is 0 Å². The lowest BCUT2D eigenvalue weighted by atomic mass is 10.1. The molecule has 2 aliphatic carbocycles. The molecule has 1 N–H and O–H groups in total. The van der Waals surface area contributed by atoms with Gasteiger partial charge in [0.1, 0.15) is 5.78 Å². The second-order valence-corrected chi connectivity index (χ2v) is 4.52. The van der Waals surface area contributed by atoms with Crippen LogP contribution in [0.1, 0.15) is 12.8 Å². The number of aromatic nitrogens is 1. The zero-order valence-electron chi connectivity index (χ0n) is 8.72. The van der Waals surface area contributed by atoms with Gasteiger partial charge in [-0.25, -0.2) is 0 Å². The van der Waals surface area contributed by atoms with E-state index in [1.807, 2.05) is 0 Å². The smallest absolute Gasteiger partial charge is 0.231 e. The fourth-order valence-corrected chi connectivity index (χ4v) is 2.17. The maximum Gasteiger partial charge on any atom is 0.231 e. The van der Waals surface area contributed by atoms with Crippen molar-refractivity contribution in [2.45, 2.75) is 12.8 Å². The van der Waals surface area contributed by atoms with E-state index >= 15 is 0 Å². The summed E-state index contributed by atoms with van der Waals surface area (Å²) < 4.78 is 0. The topological polar surface area (TPSA) is 59.1 Å². The van der Waals surface area contributed by atoms with Crippen molar-refractivity contribution in [2.75, 3.05) is 5.32 Å². The summed E-state index contributed by atoms with van der Waals surface area (Å²) in [5, 5.41) is 2.69. The van der Waals surface area contributed by atoms with E-state index in [2.05, 4.69) is 10.3 Å². The molecule has 1 aromatic rings. The largest absolute Gasteiger partial charge is 0.326 e. The molecule has 2 aliphatic rings. The van der Waals surface area contributed by atoms with Crippen LogP contribution in [-0.2, 0) is 9.59 Å². The van der Waals surface area contributed by atoms with Crippen LogP contribution in [0.2, 0.25) is 0 Å². The van der Waals surface area contributed by atoms with Crippen LogP contribution in [0.4, 0.5) is 5.69 Å². The Balaban J connectivity index is 1.51. The van der Waals surface area contributed by atoms with Gasteiger partial charge in [-0.05, 0) is 30.4 Å². The molecule has 2 unspecified atom stereocenters. The fourth-order valence-electron chi connectivity index (χ4n) is 2.17. The number of fused-ring (bicyclic) bond motifs is 1. The Bertz CT molecular complexity index is 436. The molecule has 0 spiro atoms. The summed E-state index contributed by atoms with van der Waals surface area (Å²) in [7, 11) is 0. The van der Waals surface area contributed by atoms with Crippen LogP contribution in [0, 0.1) is 17.8 Å². The molecular formula is C12H12N2O2. The number of Topliss-reactive ketones (excluding diaryl/α,β-unsaturated/α-hetero) is 1. The minimum absolute atomic E-state index is 0.0139. The highest BCUT2D eigenvalue weighted by molar-refractivity contribution is 6.06.